The van der Waals surface area contributed by atoms with Crippen LogP contribution in [0, 0.1) is 0 Å². The molecular formula is C45H29N3O. The van der Waals surface area contributed by atoms with E-state index < -0.39 is 0 Å². The zero-order valence-corrected chi connectivity index (χ0v) is 26.5. The summed E-state index contributed by atoms with van der Waals surface area (Å²) in [5, 5.41) is 2.09. The second-order valence-corrected chi connectivity index (χ2v) is 12.1. The third kappa shape index (κ3) is 5.45. The molecule has 230 valence electrons. The van der Waals surface area contributed by atoms with E-state index in [1.54, 1.807) is 0 Å². The van der Waals surface area contributed by atoms with Crippen LogP contribution >= 0.6 is 0 Å². The molecule has 2 heterocycles. The molecule has 9 rings (SSSR count). The Balaban J connectivity index is 1.18. The van der Waals surface area contributed by atoms with Gasteiger partial charge in [-0.2, -0.15) is 0 Å². The molecule has 0 aliphatic heterocycles. The Hall–Kier alpha value is -6.65. The molecule has 0 unspecified atom stereocenters. The highest BCUT2D eigenvalue weighted by atomic mass is 16.3. The van der Waals surface area contributed by atoms with Gasteiger partial charge in [-0.25, -0.2) is 15.0 Å². The van der Waals surface area contributed by atoms with Crippen molar-refractivity contribution in [1.82, 2.24) is 15.0 Å². The summed E-state index contributed by atoms with van der Waals surface area (Å²) in [7, 11) is 0. The van der Waals surface area contributed by atoms with Crippen LogP contribution in [-0.2, 0) is 0 Å². The molecule has 0 aliphatic rings. The molecule has 4 heteroatoms. The largest absolute Gasteiger partial charge is 0.456 e. The van der Waals surface area contributed by atoms with E-state index >= 15 is 0 Å². The van der Waals surface area contributed by atoms with Gasteiger partial charge in [-0.3, -0.25) is 0 Å². The lowest BCUT2D eigenvalue weighted by atomic mass is 9.95. The smallest absolute Gasteiger partial charge is 0.164 e. The van der Waals surface area contributed by atoms with E-state index in [4.69, 9.17) is 19.4 Å². The van der Waals surface area contributed by atoms with E-state index in [1.165, 1.54) is 16.7 Å². The summed E-state index contributed by atoms with van der Waals surface area (Å²) in [6.07, 6.45) is 0. The maximum Gasteiger partial charge on any atom is 0.164 e. The molecule has 9 aromatic rings. The molecule has 2 aromatic heterocycles. The standard InChI is InChI=1S/C45H29N3O/c1-4-12-30(13-5-1)32-22-24-34(25-23-32)44-46-43(33-16-8-3-9-17-33)47-45(48-44)37-26-27-40-39(29-37)42-38(20-11-21-41(42)49-40)36-19-10-18-35(28-36)31-14-6-2-7-15-31/h1-29H. The van der Waals surface area contributed by atoms with Gasteiger partial charge in [0.1, 0.15) is 11.2 Å². The molecule has 49 heavy (non-hydrogen) atoms. The van der Waals surface area contributed by atoms with Crippen molar-refractivity contribution in [2.24, 2.45) is 0 Å². The van der Waals surface area contributed by atoms with Gasteiger partial charge in [0.15, 0.2) is 17.5 Å². The molecule has 0 N–H and O–H groups in total. The van der Waals surface area contributed by atoms with Crippen LogP contribution in [0.1, 0.15) is 0 Å². The van der Waals surface area contributed by atoms with Crippen molar-refractivity contribution in [3.8, 4) is 67.5 Å². The Bertz CT molecular complexity index is 2580. The van der Waals surface area contributed by atoms with Gasteiger partial charge in [-0.1, -0.05) is 146 Å². The minimum Gasteiger partial charge on any atom is -0.456 e. The van der Waals surface area contributed by atoms with Gasteiger partial charge < -0.3 is 4.42 Å². The van der Waals surface area contributed by atoms with Crippen molar-refractivity contribution >= 4 is 21.9 Å². The molecule has 7 aromatic carbocycles. The second-order valence-electron chi connectivity index (χ2n) is 12.1. The molecule has 0 atom stereocenters. The van der Waals surface area contributed by atoms with Gasteiger partial charge in [0.25, 0.3) is 0 Å². The molecule has 0 bridgehead atoms. The van der Waals surface area contributed by atoms with Crippen LogP contribution in [0.25, 0.3) is 89.5 Å². The minimum absolute atomic E-state index is 0.607. The predicted molar refractivity (Wildman–Crippen MR) is 200 cm³/mol. The number of aromatic nitrogens is 3. The topological polar surface area (TPSA) is 51.8 Å². The summed E-state index contributed by atoms with van der Waals surface area (Å²) in [5.74, 6) is 1.86. The van der Waals surface area contributed by atoms with Gasteiger partial charge in [0, 0.05) is 27.5 Å². The lowest BCUT2D eigenvalue weighted by Crippen LogP contribution is -2.00. The first-order valence-corrected chi connectivity index (χ1v) is 16.4. The molecule has 0 saturated heterocycles. The van der Waals surface area contributed by atoms with Gasteiger partial charge >= 0.3 is 0 Å². The van der Waals surface area contributed by atoms with Gasteiger partial charge in [-0.05, 0) is 63.7 Å². The Morgan fingerprint density at radius 1 is 0.306 bits per heavy atom. The van der Waals surface area contributed by atoms with Crippen molar-refractivity contribution in [1.29, 1.82) is 0 Å². The van der Waals surface area contributed by atoms with E-state index in [0.29, 0.717) is 17.5 Å². The van der Waals surface area contributed by atoms with Crippen molar-refractivity contribution in [2.45, 2.75) is 0 Å². The molecule has 0 fully saturated rings. The lowest BCUT2D eigenvalue weighted by Gasteiger charge is -2.10. The Morgan fingerprint density at radius 2 is 0.776 bits per heavy atom. The van der Waals surface area contributed by atoms with Crippen molar-refractivity contribution in [3.63, 3.8) is 0 Å². The minimum atomic E-state index is 0.607. The van der Waals surface area contributed by atoms with Gasteiger partial charge in [0.2, 0.25) is 0 Å². The lowest BCUT2D eigenvalue weighted by molar-refractivity contribution is 0.669. The van der Waals surface area contributed by atoms with Gasteiger partial charge in [0.05, 0.1) is 0 Å². The number of rotatable bonds is 6. The van der Waals surface area contributed by atoms with Crippen molar-refractivity contribution in [3.05, 3.63) is 176 Å². The first-order valence-electron chi connectivity index (χ1n) is 16.4. The Kier molecular flexibility index (Phi) is 7.10. The van der Waals surface area contributed by atoms with Crippen LogP contribution in [0.15, 0.2) is 180 Å². The normalized spacial score (nSPS) is 11.3. The highest BCUT2D eigenvalue weighted by Gasteiger charge is 2.17. The summed E-state index contributed by atoms with van der Waals surface area (Å²) in [4.78, 5) is 15.0. The van der Waals surface area contributed by atoms with Gasteiger partial charge in [-0.15, -0.1) is 0 Å². The number of nitrogens with zero attached hydrogens (tertiary/aromatic N) is 3. The summed E-state index contributed by atoms with van der Waals surface area (Å²) < 4.78 is 6.40. The number of furan rings is 1. The first kappa shape index (κ1) is 28.6. The van der Waals surface area contributed by atoms with Crippen LogP contribution in [0.4, 0.5) is 0 Å². The number of benzene rings is 7. The monoisotopic (exact) mass is 627 g/mol. The zero-order valence-electron chi connectivity index (χ0n) is 26.5. The highest BCUT2D eigenvalue weighted by molar-refractivity contribution is 6.13. The highest BCUT2D eigenvalue weighted by Crippen LogP contribution is 2.39. The maximum atomic E-state index is 6.40. The third-order valence-electron chi connectivity index (χ3n) is 8.95. The van der Waals surface area contributed by atoms with Crippen LogP contribution in [0.2, 0.25) is 0 Å². The first-order chi connectivity index (χ1) is 24.3. The van der Waals surface area contributed by atoms with Crippen LogP contribution in [0.5, 0.6) is 0 Å². The van der Waals surface area contributed by atoms with E-state index in [-0.39, 0.29) is 0 Å². The average Bonchev–Trinajstić information content (AvgIpc) is 3.57. The quantitative estimate of drug-likeness (QED) is 0.184. The molecule has 0 spiro atoms. The molecule has 0 saturated carbocycles. The SMILES string of the molecule is c1ccc(-c2ccc(-c3nc(-c4ccccc4)nc(-c4ccc5oc6cccc(-c7cccc(-c8ccccc8)c7)c6c5c4)n3)cc2)cc1. The average molecular weight is 628 g/mol. The summed E-state index contributed by atoms with van der Waals surface area (Å²) in [5.41, 5.74) is 11.3. The third-order valence-corrected chi connectivity index (χ3v) is 8.95. The van der Waals surface area contributed by atoms with E-state index in [9.17, 15) is 0 Å². The van der Waals surface area contributed by atoms with E-state index in [0.717, 1.165) is 55.3 Å². The maximum absolute atomic E-state index is 6.40. The zero-order chi connectivity index (χ0) is 32.6. The predicted octanol–water partition coefficient (Wildman–Crippen LogP) is 11.8. The number of fused-ring (bicyclic) bond motifs is 3. The molecule has 0 amide bonds. The van der Waals surface area contributed by atoms with E-state index in [1.807, 2.05) is 60.7 Å². The summed E-state index contributed by atoms with van der Waals surface area (Å²) in [6.45, 7) is 0. The molecule has 0 aliphatic carbocycles. The number of hydrogen-bond donors (Lipinski definition) is 0. The Labute approximate surface area is 284 Å². The fourth-order valence-electron chi connectivity index (χ4n) is 6.50. The second kappa shape index (κ2) is 12.2. The summed E-state index contributed by atoms with van der Waals surface area (Å²) in [6, 6.07) is 60.5. The van der Waals surface area contributed by atoms with Crippen LogP contribution in [0.3, 0.4) is 0 Å². The molecule has 0 radical (unpaired) electrons. The van der Waals surface area contributed by atoms with E-state index in [2.05, 4.69) is 115 Å². The summed E-state index contributed by atoms with van der Waals surface area (Å²) >= 11 is 0. The Morgan fingerprint density at radius 3 is 1.45 bits per heavy atom. The van der Waals surface area contributed by atoms with Crippen molar-refractivity contribution < 1.29 is 4.42 Å². The fraction of sp³-hybridized carbons (Fsp3) is 0. The van der Waals surface area contributed by atoms with Crippen molar-refractivity contribution in [2.75, 3.05) is 0 Å². The fourth-order valence-corrected chi connectivity index (χ4v) is 6.50. The van der Waals surface area contributed by atoms with Crippen LogP contribution in [-0.4, -0.2) is 15.0 Å². The molecular weight excluding hydrogens is 599 g/mol. The molecule has 4 nitrogen and oxygen atoms in total. The number of hydrogen-bond acceptors (Lipinski definition) is 4. The van der Waals surface area contributed by atoms with Crippen LogP contribution < -0.4 is 0 Å².